The molecule has 4 rings (SSSR count). The monoisotopic (exact) mass is 399 g/mol. The van der Waals surface area contributed by atoms with Crippen LogP contribution in [0, 0.1) is 0 Å². The van der Waals surface area contributed by atoms with Crippen molar-refractivity contribution in [1.82, 2.24) is 15.1 Å². The largest absolute Gasteiger partial charge is 0.487 e. The fourth-order valence-electron chi connectivity index (χ4n) is 5.05. The summed E-state index contributed by atoms with van der Waals surface area (Å²) in [5, 5.41) is 3.03. The van der Waals surface area contributed by atoms with Crippen molar-refractivity contribution in [1.29, 1.82) is 0 Å². The number of ether oxygens (including phenoxy) is 1. The standard InChI is InChI=1S/C23H33N3O3/c1-17(2)24-21(27)15-18-16-23(29-20-8-4-3-7-19(18)20)9-13-26(14-10-23)22(28)25-11-5-6-12-25/h3-4,7-8,17-18H,5-6,9-16H2,1-2H3,(H,24,27)/t18-/m0/s1. The van der Waals surface area contributed by atoms with Crippen molar-refractivity contribution in [3.63, 3.8) is 0 Å². The van der Waals surface area contributed by atoms with E-state index < -0.39 is 0 Å². The Hall–Kier alpha value is -2.24. The molecule has 1 aromatic rings. The van der Waals surface area contributed by atoms with Gasteiger partial charge in [-0.05, 0) is 44.7 Å². The first-order valence-corrected chi connectivity index (χ1v) is 11.1. The molecule has 158 valence electrons. The third-order valence-corrected chi connectivity index (χ3v) is 6.51. The summed E-state index contributed by atoms with van der Waals surface area (Å²) in [7, 11) is 0. The molecule has 0 aliphatic carbocycles. The lowest BCUT2D eigenvalue weighted by Gasteiger charge is -2.47. The van der Waals surface area contributed by atoms with Crippen LogP contribution in [0.1, 0.15) is 63.9 Å². The van der Waals surface area contributed by atoms with Gasteiger partial charge in [-0.15, -0.1) is 0 Å². The highest BCUT2D eigenvalue weighted by molar-refractivity contribution is 5.77. The van der Waals surface area contributed by atoms with E-state index in [9.17, 15) is 9.59 Å². The summed E-state index contributed by atoms with van der Waals surface area (Å²) in [4.78, 5) is 29.2. The van der Waals surface area contributed by atoms with E-state index in [0.717, 1.165) is 69.6 Å². The van der Waals surface area contributed by atoms with Crippen LogP contribution in [0.15, 0.2) is 24.3 Å². The molecule has 0 aromatic heterocycles. The molecular weight excluding hydrogens is 366 g/mol. The molecule has 3 heterocycles. The van der Waals surface area contributed by atoms with Gasteiger partial charge < -0.3 is 19.9 Å². The van der Waals surface area contributed by atoms with Crippen molar-refractivity contribution in [2.75, 3.05) is 26.2 Å². The Bertz CT molecular complexity index is 749. The van der Waals surface area contributed by atoms with E-state index in [1.807, 2.05) is 41.8 Å². The van der Waals surface area contributed by atoms with Gasteiger partial charge in [0, 0.05) is 57.4 Å². The van der Waals surface area contributed by atoms with Crippen molar-refractivity contribution in [3.8, 4) is 5.75 Å². The molecule has 3 amide bonds. The first-order valence-electron chi connectivity index (χ1n) is 11.1. The number of hydrogen-bond donors (Lipinski definition) is 1. The van der Waals surface area contributed by atoms with Gasteiger partial charge in [-0.1, -0.05) is 18.2 Å². The minimum Gasteiger partial charge on any atom is -0.487 e. The fourth-order valence-corrected chi connectivity index (χ4v) is 5.05. The van der Waals surface area contributed by atoms with Crippen LogP contribution >= 0.6 is 0 Å². The van der Waals surface area contributed by atoms with Gasteiger partial charge in [-0.25, -0.2) is 4.79 Å². The number of urea groups is 1. The van der Waals surface area contributed by atoms with Crippen LogP contribution in [0.4, 0.5) is 4.79 Å². The SMILES string of the molecule is CC(C)NC(=O)C[C@H]1CC2(CCN(C(=O)N3CCCC3)CC2)Oc2ccccc21. The normalized spacial score (nSPS) is 23.1. The fraction of sp³-hybridized carbons (Fsp3) is 0.652. The smallest absolute Gasteiger partial charge is 0.320 e. The van der Waals surface area contributed by atoms with Crippen LogP contribution in [0.3, 0.4) is 0 Å². The van der Waals surface area contributed by atoms with Crippen molar-refractivity contribution in [3.05, 3.63) is 29.8 Å². The molecular formula is C23H33N3O3. The molecule has 1 N–H and O–H groups in total. The predicted molar refractivity (Wildman–Crippen MR) is 112 cm³/mol. The number of benzene rings is 1. The van der Waals surface area contributed by atoms with Crippen LogP contribution in [-0.2, 0) is 4.79 Å². The summed E-state index contributed by atoms with van der Waals surface area (Å²) < 4.78 is 6.52. The number of nitrogens with zero attached hydrogens (tertiary/aromatic N) is 2. The van der Waals surface area contributed by atoms with Gasteiger partial charge in [0.25, 0.3) is 0 Å². The van der Waals surface area contributed by atoms with Crippen molar-refractivity contribution in [2.45, 2.75) is 69.9 Å². The molecule has 1 aromatic carbocycles. The Morgan fingerprint density at radius 1 is 1.10 bits per heavy atom. The number of likely N-dealkylation sites (tertiary alicyclic amines) is 2. The van der Waals surface area contributed by atoms with E-state index in [1.165, 1.54) is 0 Å². The Balaban J connectivity index is 1.46. The van der Waals surface area contributed by atoms with E-state index >= 15 is 0 Å². The van der Waals surface area contributed by atoms with Crippen LogP contribution in [0.5, 0.6) is 5.75 Å². The van der Waals surface area contributed by atoms with Gasteiger partial charge in [0.15, 0.2) is 0 Å². The van der Waals surface area contributed by atoms with Crippen LogP contribution in [0.25, 0.3) is 0 Å². The van der Waals surface area contributed by atoms with Crippen molar-refractivity contribution < 1.29 is 14.3 Å². The maximum atomic E-state index is 12.7. The highest BCUT2D eigenvalue weighted by Gasteiger charge is 2.44. The van der Waals surface area contributed by atoms with Crippen molar-refractivity contribution in [2.24, 2.45) is 0 Å². The van der Waals surface area contributed by atoms with Gasteiger partial charge in [0.2, 0.25) is 5.91 Å². The molecule has 6 heteroatoms. The Morgan fingerprint density at radius 3 is 2.45 bits per heavy atom. The van der Waals surface area contributed by atoms with E-state index in [-0.39, 0.29) is 29.5 Å². The molecule has 0 saturated carbocycles. The molecule has 1 atom stereocenters. The van der Waals surface area contributed by atoms with Crippen LogP contribution in [0.2, 0.25) is 0 Å². The number of para-hydroxylation sites is 1. The summed E-state index contributed by atoms with van der Waals surface area (Å²) in [6.07, 6.45) is 5.19. The number of hydrogen-bond acceptors (Lipinski definition) is 3. The zero-order chi connectivity index (χ0) is 20.4. The summed E-state index contributed by atoms with van der Waals surface area (Å²) in [6, 6.07) is 8.44. The quantitative estimate of drug-likeness (QED) is 0.846. The number of rotatable bonds is 3. The van der Waals surface area contributed by atoms with Crippen LogP contribution < -0.4 is 10.1 Å². The summed E-state index contributed by atoms with van der Waals surface area (Å²) in [5.74, 6) is 1.15. The second-order valence-electron chi connectivity index (χ2n) is 9.11. The maximum Gasteiger partial charge on any atom is 0.320 e. The lowest BCUT2D eigenvalue weighted by atomic mass is 9.76. The molecule has 0 unspecified atom stereocenters. The average Bonchev–Trinajstić information content (AvgIpc) is 3.22. The second kappa shape index (κ2) is 8.25. The highest BCUT2D eigenvalue weighted by atomic mass is 16.5. The van der Waals surface area contributed by atoms with E-state index in [0.29, 0.717) is 6.42 Å². The summed E-state index contributed by atoms with van der Waals surface area (Å²) in [6.45, 7) is 7.20. The van der Waals surface area contributed by atoms with Crippen molar-refractivity contribution >= 4 is 11.9 Å². The number of piperidine rings is 1. The molecule has 6 nitrogen and oxygen atoms in total. The first kappa shape index (κ1) is 20.0. The van der Waals surface area contributed by atoms with E-state index in [2.05, 4.69) is 11.4 Å². The molecule has 2 fully saturated rings. The molecule has 3 aliphatic heterocycles. The molecule has 0 radical (unpaired) electrons. The first-order chi connectivity index (χ1) is 14.0. The van der Waals surface area contributed by atoms with E-state index in [1.54, 1.807) is 0 Å². The predicted octanol–water partition coefficient (Wildman–Crippen LogP) is 3.52. The van der Waals surface area contributed by atoms with E-state index in [4.69, 9.17) is 4.74 Å². The topological polar surface area (TPSA) is 61.9 Å². The van der Waals surface area contributed by atoms with Gasteiger partial charge in [0.05, 0.1) is 0 Å². The summed E-state index contributed by atoms with van der Waals surface area (Å²) >= 11 is 0. The number of amides is 3. The Morgan fingerprint density at radius 2 is 1.76 bits per heavy atom. The Labute approximate surface area is 173 Å². The van der Waals surface area contributed by atoms with Gasteiger partial charge in [-0.2, -0.15) is 0 Å². The third-order valence-electron chi connectivity index (χ3n) is 6.51. The zero-order valence-electron chi connectivity index (χ0n) is 17.7. The average molecular weight is 400 g/mol. The molecule has 1 spiro atoms. The van der Waals surface area contributed by atoms with Gasteiger partial charge in [-0.3, -0.25) is 4.79 Å². The maximum absolute atomic E-state index is 12.7. The number of carbonyl (C=O) groups excluding carboxylic acids is 2. The lowest BCUT2D eigenvalue weighted by Crippen LogP contribution is -2.54. The number of nitrogens with one attached hydrogen (secondary N) is 1. The highest BCUT2D eigenvalue weighted by Crippen LogP contribution is 2.46. The number of fused-ring (bicyclic) bond motifs is 1. The lowest BCUT2D eigenvalue weighted by molar-refractivity contribution is -0.122. The Kier molecular flexibility index (Phi) is 5.70. The second-order valence-corrected chi connectivity index (χ2v) is 9.11. The van der Waals surface area contributed by atoms with Crippen LogP contribution in [-0.4, -0.2) is 59.6 Å². The third kappa shape index (κ3) is 4.36. The molecule has 0 bridgehead atoms. The molecule has 3 aliphatic rings. The zero-order valence-corrected chi connectivity index (χ0v) is 17.7. The molecule has 29 heavy (non-hydrogen) atoms. The van der Waals surface area contributed by atoms with Gasteiger partial charge in [0.1, 0.15) is 11.4 Å². The number of carbonyl (C=O) groups is 2. The molecule has 2 saturated heterocycles. The minimum absolute atomic E-state index is 0.0958. The van der Waals surface area contributed by atoms with Gasteiger partial charge >= 0.3 is 6.03 Å². The minimum atomic E-state index is -0.279. The summed E-state index contributed by atoms with van der Waals surface area (Å²) in [5.41, 5.74) is 0.853.